The summed E-state index contributed by atoms with van der Waals surface area (Å²) in [6.45, 7) is 4.49. The van der Waals surface area contributed by atoms with Gasteiger partial charge in [-0.05, 0) is 32.8 Å². The fourth-order valence-electron chi connectivity index (χ4n) is 1.93. The number of nitrogens with zero attached hydrogens (tertiary/aromatic N) is 1. The predicted octanol–water partition coefficient (Wildman–Crippen LogP) is 2.90. The Kier molecular flexibility index (Phi) is 3.38. The van der Waals surface area contributed by atoms with Crippen LogP contribution in [0.15, 0.2) is 10.5 Å². The molecular formula is C12H16BrNO2. The fourth-order valence-corrected chi connectivity index (χ4v) is 2.31. The molecule has 0 bridgehead atoms. The molecule has 2 rings (SSSR count). The summed E-state index contributed by atoms with van der Waals surface area (Å²) in [5.74, 6) is 1.63. The van der Waals surface area contributed by atoms with Gasteiger partial charge in [-0.1, -0.05) is 15.9 Å². The van der Waals surface area contributed by atoms with Crippen LogP contribution in [0.4, 0.5) is 0 Å². The summed E-state index contributed by atoms with van der Waals surface area (Å²) in [7, 11) is 0. The first-order valence-electron chi connectivity index (χ1n) is 5.57. The molecule has 0 aromatic carbocycles. The normalized spacial score (nSPS) is 15.2. The molecule has 1 saturated carbocycles. The third-order valence-electron chi connectivity index (χ3n) is 2.85. The minimum Gasteiger partial charge on any atom is -0.466 e. The first-order chi connectivity index (χ1) is 7.63. The maximum Gasteiger partial charge on any atom is 0.257 e. The van der Waals surface area contributed by atoms with Crippen LogP contribution in [0.2, 0.25) is 0 Å². The minimum atomic E-state index is 0.108. The lowest BCUT2D eigenvalue weighted by Gasteiger charge is -2.20. The van der Waals surface area contributed by atoms with Crippen LogP contribution in [0.1, 0.15) is 34.7 Å². The molecule has 16 heavy (non-hydrogen) atoms. The van der Waals surface area contributed by atoms with Gasteiger partial charge in [0.1, 0.15) is 11.5 Å². The van der Waals surface area contributed by atoms with Crippen LogP contribution in [0, 0.1) is 13.8 Å². The second-order valence-corrected chi connectivity index (χ2v) is 5.04. The van der Waals surface area contributed by atoms with Gasteiger partial charge < -0.3 is 9.32 Å². The van der Waals surface area contributed by atoms with Crippen molar-refractivity contribution in [3.05, 3.63) is 23.2 Å². The van der Waals surface area contributed by atoms with Crippen LogP contribution >= 0.6 is 15.9 Å². The van der Waals surface area contributed by atoms with E-state index >= 15 is 0 Å². The van der Waals surface area contributed by atoms with Gasteiger partial charge in [0.05, 0.1) is 5.56 Å². The number of hydrogen-bond donors (Lipinski definition) is 0. The second kappa shape index (κ2) is 4.62. The summed E-state index contributed by atoms with van der Waals surface area (Å²) in [5.41, 5.74) is 0.713. The summed E-state index contributed by atoms with van der Waals surface area (Å²) >= 11 is 3.39. The lowest BCUT2D eigenvalue weighted by molar-refractivity contribution is 0.0753. The Hall–Kier alpha value is -0.770. The van der Waals surface area contributed by atoms with Crippen molar-refractivity contribution >= 4 is 21.8 Å². The number of carbonyl (C=O) groups is 1. The molecule has 0 atom stereocenters. The molecule has 88 valence electrons. The largest absolute Gasteiger partial charge is 0.466 e. The third kappa shape index (κ3) is 2.32. The molecule has 4 heteroatoms. The van der Waals surface area contributed by atoms with Gasteiger partial charge in [0.25, 0.3) is 5.91 Å². The van der Waals surface area contributed by atoms with Gasteiger partial charge in [-0.2, -0.15) is 0 Å². The highest BCUT2D eigenvalue weighted by Gasteiger charge is 2.33. The number of alkyl halides is 1. The molecule has 1 aromatic heterocycles. The highest BCUT2D eigenvalue weighted by molar-refractivity contribution is 9.09. The zero-order chi connectivity index (χ0) is 11.7. The standard InChI is InChI=1S/C12H16BrNO2/c1-8-7-11(9(2)16-8)12(15)14(6-5-13)10-3-4-10/h7,10H,3-6H2,1-2H3. The van der Waals surface area contributed by atoms with E-state index < -0.39 is 0 Å². The summed E-state index contributed by atoms with van der Waals surface area (Å²) in [6.07, 6.45) is 2.27. The smallest absolute Gasteiger partial charge is 0.257 e. The Morgan fingerprint density at radius 1 is 1.56 bits per heavy atom. The zero-order valence-corrected chi connectivity index (χ0v) is 11.2. The molecule has 1 aromatic rings. The average Bonchev–Trinajstić information content (AvgIpc) is 3.00. The maximum atomic E-state index is 12.3. The lowest BCUT2D eigenvalue weighted by Crippen LogP contribution is -2.34. The number of furan rings is 1. The van der Waals surface area contributed by atoms with Crippen LogP contribution in [0.5, 0.6) is 0 Å². The monoisotopic (exact) mass is 285 g/mol. The van der Waals surface area contributed by atoms with E-state index in [0.29, 0.717) is 11.6 Å². The van der Waals surface area contributed by atoms with E-state index in [1.54, 1.807) is 0 Å². The highest BCUT2D eigenvalue weighted by Crippen LogP contribution is 2.29. The molecule has 0 spiro atoms. The number of hydrogen-bond acceptors (Lipinski definition) is 2. The summed E-state index contributed by atoms with van der Waals surface area (Å²) in [6, 6.07) is 2.28. The van der Waals surface area contributed by atoms with Gasteiger partial charge in [0.2, 0.25) is 0 Å². The van der Waals surface area contributed by atoms with Crippen LogP contribution in [-0.2, 0) is 0 Å². The van der Waals surface area contributed by atoms with Crippen molar-refractivity contribution in [3.63, 3.8) is 0 Å². The topological polar surface area (TPSA) is 33.5 Å². The number of halogens is 1. The lowest BCUT2D eigenvalue weighted by atomic mass is 10.2. The Morgan fingerprint density at radius 2 is 2.25 bits per heavy atom. The second-order valence-electron chi connectivity index (χ2n) is 4.25. The Bertz CT molecular complexity index is 396. The van der Waals surface area contributed by atoms with Gasteiger partial charge in [0.15, 0.2) is 0 Å². The maximum absolute atomic E-state index is 12.3. The van der Waals surface area contributed by atoms with Crippen molar-refractivity contribution in [2.75, 3.05) is 11.9 Å². The van der Waals surface area contributed by atoms with Gasteiger partial charge in [-0.15, -0.1) is 0 Å². The van der Waals surface area contributed by atoms with Crippen LogP contribution < -0.4 is 0 Å². The molecule has 1 fully saturated rings. The van der Waals surface area contributed by atoms with Crippen molar-refractivity contribution < 1.29 is 9.21 Å². The van der Waals surface area contributed by atoms with E-state index in [1.165, 1.54) is 0 Å². The Labute approximate surface area is 104 Å². The number of aryl methyl sites for hydroxylation is 2. The van der Waals surface area contributed by atoms with Crippen LogP contribution in [0.25, 0.3) is 0 Å². The van der Waals surface area contributed by atoms with Crippen molar-refractivity contribution in [1.29, 1.82) is 0 Å². The Morgan fingerprint density at radius 3 is 2.69 bits per heavy atom. The number of rotatable bonds is 4. The highest BCUT2D eigenvalue weighted by atomic mass is 79.9. The molecule has 0 aliphatic heterocycles. The van der Waals surface area contributed by atoms with Crippen molar-refractivity contribution in [3.8, 4) is 0 Å². The number of amides is 1. The van der Waals surface area contributed by atoms with Crippen molar-refractivity contribution in [1.82, 2.24) is 4.90 Å². The molecule has 1 aliphatic rings. The summed E-state index contributed by atoms with van der Waals surface area (Å²) in [4.78, 5) is 14.2. The Balaban J connectivity index is 2.18. The van der Waals surface area contributed by atoms with E-state index in [1.807, 2.05) is 24.8 Å². The van der Waals surface area contributed by atoms with Gasteiger partial charge in [-0.3, -0.25) is 4.79 Å². The molecule has 3 nitrogen and oxygen atoms in total. The molecule has 0 unspecified atom stereocenters. The van der Waals surface area contributed by atoms with Gasteiger partial charge >= 0.3 is 0 Å². The molecule has 1 aliphatic carbocycles. The molecule has 0 radical (unpaired) electrons. The average molecular weight is 286 g/mol. The van der Waals surface area contributed by atoms with E-state index in [2.05, 4.69) is 15.9 Å². The molecule has 0 N–H and O–H groups in total. The van der Waals surface area contributed by atoms with E-state index in [-0.39, 0.29) is 5.91 Å². The van der Waals surface area contributed by atoms with Crippen LogP contribution in [0.3, 0.4) is 0 Å². The summed E-state index contributed by atoms with van der Waals surface area (Å²) < 4.78 is 5.40. The molecule has 1 amide bonds. The van der Waals surface area contributed by atoms with Gasteiger partial charge in [-0.25, -0.2) is 0 Å². The fraction of sp³-hybridized carbons (Fsp3) is 0.583. The summed E-state index contributed by atoms with van der Waals surface area (Å²) in [5, 5.41) is 0.825. The van der Waals surface area contributed by atoms with Crippen molar-refractivity contribution in [2.45, 2.75) is 32.7 Å². The van der Waals surface area contributed by atoms with Gasteiger partial charge in [0, 0.05) is 17.9 Å². The minimum absolute atomic E-state index is 0.108. The molecule has 0 saturated heterocycles. The predicted molar refractivity (Wildman–Crippen MR) is 66.0 cm³/mol. The van der Waals surface area contributed by atoms with E-state index in [9.17, 15) is 4.79 Å². The number of carbonyl (C=O) groups excluding carboxylic acids is 1. The zero-order valence-electron chi connectivity index (χ0n) is 9.62. The van der Waals surface area contributed by atoms with Crippen molar-refractivity contribution in [2.24, 2.45) is 0 Å². The van der Waals surface area contributed by atoms with E-state index in [4.69, 9.17) is 4.42 Å². The first-order valence-corrected chi connectivity index (χ1v) is 6.69. The SMILES string of the molecule is Cc1cc(C(=O)N(CCBr)C2CC2)c(C)o1. The molecular weight excluding hydrogens is 270 g/mol. The van der Waals surface area contributed by atoms with E-state index in [0.717, 1.165) is 36.2 Å². The third-order valence-corrected chi connectivity index (χ3v) is 3.20. The van der Waals surface area contributed by atoms with Crippen LogP contribution in [-0.4, -0.2) is 28.7 Å². The first kappa shape index (κ1) is 11.7. The molecule has 1 heterocycles. The quantitative estimate of drug-likeness (QED) is 0.797.